The molecule has 0 radical (unpaired) electrons. The van der Waals surface area contributed by atoms with Gasteiger partial charge in [0.15, 0.2) is 0 Å². The highest BCUT2D eigenvalue weighted by Crippen LogP contribution is 1.97. The molecule has 0 fully saturated rings. The van der Waals surface area contributed by atoms with E-state index in [2.05, 4.69) is 20.0 Å². The second-order valence-electron chi connectivity index (χ2n) is 1.99. The van der Waals surface area contributed by atoms with Gasteiger partial charge in [0.05, 0.1) is 0 Å². The van der Waals surface area contributed by atoms with Crippen molar-refractivity contribution >= 4 is 0 Å². The average Bonchev–Trinajstić information content (AvgIpc) is 2.37. The molecule has 0 aromatic carbocycles. The van der Waals surface area contributed by atoms with Gasteiger partial charge in [-0.25, -0.2) is 4.79 Å². The Morgan fingerprint density at radius 2 is 2.45 bits per heavy atom. The molecule has 0 spiro atoms. The lowest BCUT2D eigenvalue weighted by Gasteiger charge is -1.85. The molecule has 0 unspecified atom stereocenters. The number of aryl methyl sites for hydroxylation is 1. The van der Waals surface area contributed by atoms with Crippen LogP contribution in [0.2, 0.25) is 0 Å². The van der Waals surface area contributed by atoms with Crippen LogP contribution in [0.15, 0.2) is 13.7 Å². The summed E-state index contributed by atoms with van der Waals surface area (Å²) in [5.74, 6) is 2.01. The zero-order valence-corrected chi connectivity index (χ0v) is 5.87. The number of terminal acetylenes is 1. The van der Waals surface area contributed by atoms with E-state index in [4.69, 9.17) is 6.42 Å². The molecule has 1 rings (SSSR count). The van der Waals surface area contributed by atoms with Gasteiger partial charge in [-0.1, -0.05) is 0 Å². The van der Waals surface area contributed by atoms with E-state index in [0.29, 0.717) is 18.7 Å². The zero-order chi connectivity index (χ0) is 8.10. The first-order valence-corrected chi connectivity index (χ1v) is 3.22. The Hall–Kier alpha value is -1.50. The van der Waals surface area contributed by atoms with Crippen molar-refractivity contribution in [3.05, 3.63) is 16.5 Å². The molecule has 0 amide bonds. The molecule has 0 aliphatic heterocycles. The minimum atomic E-state index is -0.763. The maximum atomic E-state index is 10.3. The van der Waals surface area contributed by atoms with Crippen LogP contribution in [0.3, 0.4) is 0 Å². The fourth-order valence-corrected chi connectivity index (χ4v) is 0.660. The first kappa shape index (κ1) is 7.61. The monoisotopic (exact) mass is 153 g/mol. The van der Waals surface area contributed by atoms with E-state index in [9.17, 15) is 4.79 Å². The molecule has 1 heterocycles. The molecule has 0 saturated carbocycles. The number of nitrogens with zero attached hydrogens (tertiary/aromatic N) is 1. The van der Waals surface area contributed by atoms with Gasteiger partial charge in [-0.2, -0.15) is 0 Å². The highest BCUT2D eigenvalue weighted by molar-refractivity contribution is 4.85. The van der Waals surface area contributed by atoms with Crippen LogP contribution < -0.4 is 5.82 Å². The Bertz CT molecular complexity index is 304. The van der Waals surface area contributed by atoms with Crippen LogP contribution in [0.1, 0.15) is 18.7 Å². The normalized spacial score (nSPS) is 9.36. The number of rotatable bonds is 3. The fraction of sp³-hybridized carbons (Fsp3) is 0.429. The van der Waals surface area contributed by atoms with Crippen LogP contribution in [0.4, 0.5) is 0 Å². The van der Waals surface area contributed by atoms with Crippen molar-refractivity contribution in [2.24, 2.45) is 0 Å². The predicted molar refractivity (Wildman–Crippen MR) is 36.8 cm³/mol. The first-order chi connectivity index (χ1) is 5.33. The van der Waals surface area contributed by atoms with Crippen molar-refractivity contribution in [1.29, 1.82) is 0 Å². The van der Waals surface area contributed by atoms with E-state index >= 15 is 0 Å². The first-order valence-electron chi connectivity index (χ1n) is 3.22. The molecule has 1 aromatic rings. The summed E-state index contributed by atoms with van der Waals surface area (Å²) in [6, 6.07) is 0. The number of unbranched alkanes of at least 4 members (excludes halogenated alkanes) is 1. The lowest BCUT2D eigenvalue weighted by atomic mass is 10.2. The van der Waals surface area contributed by atoms with E-state index in [0.717, 1.165) is 6.42 Å². The van der Waals surface area contributed by atoms with Crippen LogP contribution >= 0.6 is 0 Å². The van der Waals surface area contributed by atoms with Crippen molar-refractivity contribution in [1.82, 2.24) is 5.16 Å². The molecular formula is C7H7NO3. The molecule has 0 atom stereocenters. The Labute approximate surface area is 63.2 Å². The van der Waals surface area contributed by atoms with E-state index in [1.54, 1.807) is 0 Å². The molecule has 0 N–H and O–H groups in total. The van der Waals surface area contributed by atoms with Crippen molar-refractivity contribution in [2.75, 3.05) is 0 Å². The summed E-state index contributed by atoms with van der Waals surface area (Å²) in [7, 11) is 0. The standard InChI is InChI=1S/C7H7NO3/c1-2-3-4-5-6-8-11-7(9)10-6/h1H,3-5H2. The molecule has 4 heteroatoms. The van der Waals surface area contributed by atoms with Gasteiger partial charge in [0.2, 0.25) is 5.89 Å². The lowest BCUT2D eigenvalue weighted by molar-refractivity contribution is 0.334. The van der Waals surface area contributed by atoms with Crippen LogP contribution in [0.5, 0.6) is 0 Å². The summed E-state index contributed by atoms with van der Waals surface area (Å²) in [6.45, 7) is 0. The van der Waals surface area contributed by atoms with Crippen molar-refractivity contribution in [3.8, 4) is 12.3 Å². The maximum Gasteiger partial charge on any atom is 0.542 e. The third kappa shape index (κ3) is 2.30. The van der Waals surface area contributed by atoms with Crippen LogP contribution in [0.25, 0.3) is 0 Å². The third-order valence-electron chi connectivity index (χ3n) is 1.13. The Morgan fingerprint density at radius 1 is 1.64 bits per heavy atom. The van der Waals surface area contributed by atoms with E-state index < -0.39 is 5.82 Å². The van der Waals surface area contributed by atoms with Gasteiger partial charge in [0.1, 0.15) is 0 Å². The van der Waals surface area contributed by atoms with E-state index in [1.165, 1.54) is 0 Å². The van der Waals surface area contributed by atoms with Crippen LogP contribution in [0, 0.1) is 12.3 Å². The molecule has 0 aliphatic carbocycles. The minimum Gasteiger partial charge on any atom is -0.375 e. The SMILES string of the molecule is C#CCCCc1noc(=O)o1. The van der Waals surface area contributed by atoms with Crippen molar-refractivity contribution in [3.63, 3.8) is 0 Å². The topological polar surface area (TPSA) is 56.2 Å². The summed E-state index contributed by atoms with van der Waals surface area (Å²) in [6.07, 6.45) is 6.97. The average molecular weight is 153 g/mol. The van der Waals surface area contributed by atoms with Gasteiger partial charge >= 0.3 is 5.82 Å². The number of hydrogen-bond donors (Lipinski definition) is 0. The van der Waals surface area contributed by atoms with Gasteiger partial charge < -0.3 is 4.42 Å². The van der Waals surface area contributed by atoms with E-state index in [-0.39, 0.29) is 0 Å². The molecule has 0 bridgehead atoms. The lowest BCUT2D eigenvalue weighted by Crippen LogP contribution is -1.87. The third-order valence-corrected chi connectivity index (χ3v) is 1.13. The second-order valence-corrected chi connectivity index (χ2v) is 1.99. The Balaban J connectivity index is 2.40. The molecule has 11 heavy (non-hydrogen) atoms. The van der Waals surface area contributed by atoms with Gasteiger partial charge in [-0.3, -0.25) is 4.52 Å². The predicted octanol–water partition coefficient (Wildman–Crippen LogP) is 0.584. The summed E-state index contributed by atoms with van der Waals surface area (Å²) < 4.78 is 8.70. The van der Waals surface area contributed by atoms with Crippen LogP contribution in [-0.4, -0.2) is 5.16 Å². The minimum absolute atomic E-state index is 0.310. The molecule has 0 aliphatic rings. The van der Waals surface area contributed by atoms with Crippen molar-refractivity contribution < 1.29 is 8.94 Å². The maximum absolute atomic E-state index is 10.3. The summed E-state index contributed by atoms with van der Waals surface area (Å²) >= 11 is 0. The van der Waals surface area contributed by atoms with Crippen LogP contribution in [-0.2, 0) is 6.42 Å². The van der Waals surface area contributed by atoms with Gasteiger partial charge in [-0.15, -0.1) is 12.3 Å². The molecule has 1 aromatic heterocycles. The molecule has 0 saturated heterocycles. The number of hydrogen-bond acceptors (Lipinski definition) is 4. The molecular weight excluding hydrogens is 146 g/mol. The zero-order valence-electron chi connectivity index (χ0n) is 5.87. The fourth-order valence-electron chi connectivity index (χ4n) is 0.660. The Kier molecular flexibility index (Phi) is 2.50. The highest BCUT2D eigenvalue weighted by Gasteiger charge is 2.00. The van der Waals surface area contributed by atoms with Crippen molar-refractivity contribution in [2.45, 2.75) is 19.3 Å². The molecule has 4 nitrogen and oxygen atoms in total. The summed E-state index contributed by atoms with van der Waals surface area (Å²) in [5.41, 5.74) is 0. The Morgan fingerprint density at radius 3 is 3.00 bits per heavy atom. The van der Waals surface area contributed by atoms with Gasteiger partial charge in [0, 0.05) is 12.8 Å². The largest absolute Gasteiger partial charge is 0.542 e. The summed E-state index contributed by atoms with van der Waals surface area (Å²) in [5, 5.41) is 3.36. The highest BCUT2D eigenvalue weighted by atomic mass is 16.6. The summed E-state index contributed by atoms with van der Waals surface area (Å²) in [4.78, 5) is 10.3. The quantitative estimate of drug-likeness (QED) is 0.471. The van der Waals surface area contributed by atoms with Gasteiger partial charge in [0.25, 0.3) is 0 Å². The molecule has 58 valence electrons. The number of aromatic nitrogens is 1. The second kappa shape index (κ2) is 3.62. The van der Waals surface area contributed by atoms with Gasteiger partial charge in [-0.05, 0) is 11.6 Å². The van der Waals surface area contributed by atoms with E-state index in [1.807, 2.05) is 0 Å². The smallest absolute Gasteiger partial charge is 0.375 e.